The zero-order valence-corrected chi connectivity index (χ0v) is 10.7. The number of anilines is 1. The number of hydrogen-bond donors (Lipinski definition) is 1. The van der Waals surface area contributed by atoms with E-state index in [1.807, 2.05) is 16.6 Å². The van der Waals surface area contributed by atoms with Crippen molar-refractivity contribution in [3.63, 3.8) is 0 Å². The Kier molecular flexibility index (Phi) is 2.70. The summed E-state index contributed by atoms with van der Waals surface area (Å²) in [5.74, 6) is 1.10. The molecule has 5 heteroatoms. The maximum Gasteiger partial charge on any atom is 0.151 e. The number of hydrogen-bond acceptors (Lipinski definition) is 4. The molecule has 3 heterocycles. The van der Waals surface area contributed by atoms with Gasteiger partial charge in [0.2, 0.25) is 0 Å². The standard InChI is InChI=1S/C13H18N4O/c1-3-11-8(2)6-12(18-11)9-4-5-10-13(14)15-7-16-17(9)10/h4-5,7-8,11-12H,3,6H2,1-2H3,(H2,14,15,16)/t8-,11+,12+/m0/s1. The van der Waals surface area contributed by atoms with Crippen LogP contribution in [-0.4, -0.2) is 20.7 Å². The second-order valence-electron chi connectivity index (χ2n) is 4.98. The lowest BCUT2D eigenvalue weighted by atomic mass is 9.99. The molecule has 96 valence electrons. The summed E-state index contributed by atoms with van der Waals surface area (Å²) in [5, 5.41) is 4.27. The van der Waals surface area contributed by atoms with Crippen LogP contribution in [0.25, 0.3) is 5.52 Å². The van der Waals surface area contributed by atoms with Crippen LogP contribution in [0.15, 0.2) is 18.5 Å². The molecule has 0 aliphatic carbocycles. The van der Waals surface area contributed by atoms with Crippen LogP contribution >= 0.6 is 0 Å². The summed E-state index contributed by atoms with van der Waals surface area (Å²) in [5.41, 5.74) is 7.76. The SMILES string of the molecule is CC[C@H]1O[C@@H](c2ccc3c(N)ncnn23)C[C@@H]1C. The molecule has 3 rings (SSSR count). The Labute approximate surface area is 106 Å². The molecule has 2 aromatic heterocycles. The van der Waals surface area contributed by atoms with E-state index in [1.165, 1.54) is 6.33 Å². The first-order valence-electron chi connectivity index (χ1n) is 6.44. The highest BCUT2D eigenvalue weighted by Crippen LogP contribution is 2.38. The van der Waals surface area contributed by atoms with Gasteiger partial charge in [0.15, 0.2) is 5.82 Å². The van der Waals surface area contributed by atoms with E-state index in [2.05, 4.69) is 23.9 Å². The van der Waals surface area contributed by atoms with E-state index >= 15 is 0 Å². The van der Waals surface area contributed by atoms with E-state index in [0.717, 1.165) is 24.1 Å². The third-order valence-corrected chi connectivity index (χ3v) is 3.80. The molecule has 0 amide bonds. The smallest absolute Gasteiger partial charge is 0.151 e. The van der Waals surface area contributed by atoms with Crippen LogP contribution in [0, 0.1) is 5.92 Å². The molecule has 0 aromatic carbocycles. The average Bonchev–Trinajstić information content (AvgIpc) is 2.93. The summed E-state index contributed by atoms with van der Waals surface area (Å²) in [4.78, 5) is 4.00. The topological polar surface area (TPSA) is 65.4 Å². The first kappa shape index (κ1) is 11.5. The fourth-order valence-corrected chi connectivity index (χ4v) is 2.80. The first-order chi connectivity index (χ1) is 8.70. The van der Waals surface area contributed by atoms with Gasteiger partial charge in [0.05, 0.1) is 11.8 Å². The molecule has 3 atom stereocenters. The quantitative estimate of drug-likeness (QED) is 0.882. The molecule has 0 spiro atoms. The highest BCUT2D eigenvalue weighted by molar-refractivity contribution is 5.65. The van der Waals surface area contributed by atoms with E-state index in [-0.39, 0.29) is 6.10 Å². The molecule has 2 aromatic rings. The summed E-state index contributed by atoms with van der Waals surface area (Å²) in [6.45, 7) is 4.41. The zero-order valence-electron chi connectivity index (χ0n) is 10.7. The first-order valence-corrected chi connectivity index (χ1v) is 6.44. The number of aromatic nitrogens is 3. The van der Waals surface area contributed by atoms with Crippen molar-refractivity contribution in [1.29, 1.82) is 0 Å². The van der Waals surface area contributed by atoms with Crippen molar-refractivity contribution < 1.29 is 4.74 Å². The number of nitrogens with zero attached hydrogens (tertiary/aromatic N) is 3. The Morgan fingerprint density at radius 2 is 2.33 bits per heavy atom. The van der Waals surface area contributed by atoms with Gasteiger partial charge in [-0.15, -0.1) is 0 Å². The molecule has 0 radical (unpaired) electrons. The molecule has 5 nitrogen and oxygen atoms in total. The van der Waals surface area contributed by atoms with E-state index in [4.69, 9.17) is 10.5 Å². The Morgan fingerprint density at radius 3 is 3.06 bits per heavy atom. The summed E-state index contributed by atoms with van der Waals surface area (Å²) in [6, 6.07) is 3.99. The van der Waals surface area contributed by atoms with Gasteiger partial charge in [-0.1, -0.05) is 13.8 Å². The maximum atomic E-state index is 6.09. The number of nitrogen functional groups attached to an aromatic ring is 1. The van der Waals surface area contributed by atoms with Gasteiger partial charge >= 0.3 is 0 Å². The molecular formula is C13H18N4O. The highest BCUT2D eigenvalue weighted by Gasteiger charge is 2.33. The second-order valence-corrected chi connectivity index (χ2v) is 4.98. The monoisotopic (exact) mass is 246 g/mol. The second kappa shape index (κ2) is 4.24. The largest absolute Gasteiger partial charge is 0.382 e. The number of nitrogens with two attached hydrogens (primary N) is 1. The van der Waals surface area contributed by atoms with E-state index in [1.54, 1.807) is 0 Å². The Morgan fingerprint density at radius 1 is 1.50 bits per heavy atom. The van der Waals surface area contributed by atoms with Crippen LogP contribution in [0.2, 0.25) is 0 Å². The third kappa shape index (κ3) is 1.66. The van der Waals surface area contributed by atoms with Gasteiger partial charge < -0.3 is 10.5 Å². The van der Waals surface area contributed by atoms with Gasteiger partial charge in [0.1, 0.15) is 17.9 Å². The maximum absolute atomic E-state index is 6.09. The minimum absolute atomic E-state index is 0.113. The molecule has 1 saturated heterocycles. The summed E-state index contributed by atoms with van der Waals surface area (Å²) >= 11 is 0. The molecule has 2 N–H and O–H groups in total. The fraction of sp³-hybridized carbons (Fsp3) is 0.538. The van der Waals surface area contributed by atoms with Crippen molar-refractivity contribution in [1.82, 2.24) is 14.6 Å². The van der Waals surface area contributed by atoms with Crippen molar-refractivity contribution in [2.45, 2.75) is 38.9 Å². The predicted molar refractivity (Wildman–Crippen MR) is 69.1 cm³/mol. The molecule has 0 unspecified atom stereocenters. The summed E-state index contributed by atoms with van der Waals surface area (Å²) in [7, 11) is 0. The zero-order chi connectivity index (χ0) is 12.7. The van der Waals surface area contributed by atoms with Gasteiger partial charge in [0, 0.05) is 0 Å². The third-order valence-electron chi connectivity index (χ3n) is 3.80. The van der Waals surface area contributed by atoms with E-state index in [0.29, 0.717) is 17.8 Å². The molecule has 1 fully saturated rings. The molecule has 0 saturated carbocycles. The van der Waals surface area contributed by atoms with Gasteiger partial charge in [0.25, 0.3) is 0 Å². The summed E-state index contributed by atoms with van der Waals surface area (Å²) < 4.78 is 7.94. The normalized spacial score (nSPS) is 28.0. The summed E-state index contributed by atoms with van der Waals surface area (Å²) in [6.07, 6.45) is 4.04. The lowest BCUT2D eigenvalue weighted by Gasteiger charge is -2.13. The van der Waals surface area contributed by atoms with Gasteiger partial charge in [-0.05, 0) is 30.9 Å². The highest BCUT2D eigenvalue weighted by atomic mass is 16.5. The van der Waals surface area contributed by atoms with Crippen molar-refractivity contribution in [2.75, 3.05) is 5.73 Å². The fourth-order valence-electron chi connectivity index (χ4n) is 2.80. The molecule has 0 bridgehead atoms. The number of rotatable bonds is 2. The van der Waals surface area contributed by atoms with Crippen LogP contribution in [0.4, 0.5) is 5.82 Å². The lowest BCUT2D eigenvalue weighted by molar-refractivity contribution is 0.0307. The minimum atomic E-state index is 0.113. The lowest BCUT2D eigenvalue weighted by Crippen LogP contribution is -2.11. The minimum Gasteiger partial charge on any atom is -0.382 e. The van der Waals surface area contributed by atoms with Crippen LogP contribution in [0.1, 0.15) is 38.5 Å². The van der Waals surface area contributed by atoms with Crippen LogP contribution < -0.4 is 5.73 Å². The predicted octanol–water partition coefficient (Wildman–Crippen LogP) is 2.19. The Hall–Kier alpha value is -1.62. The van der Waals surface area contributed by atoms with Crippen molar-refractivity contribution >= 4 is 11.3 Å². The van der Waals surface area contributed by atoms with Crippen LogP contribution in [-0.2, 0) is 4.74 Å². The van der Waals surface area contributed by atoms with Crippen molar-refractivity contribution in [3.05, 3.63) is 24.2 Å². The number of fused-ring (bicyclic) bond motifs is 1. The Balaban J connectivity index is 1.99. The van der Waals surface area contributed by atoms with Crippen molar-refractivity contribution in [2.24, 2.45) is 5.92 Å². The molecule has 18 heavy (non-hydrogen) atoms. The molecule has 1 aliphatic rings. The van der Waals surface area contributed by atoms with Crippen LogP contribution in [0.5, 0.6) is 0 Å². The van der Waals surface area contributed by atoms with Gasteiger partial charge in [-0.2, -0.15) is 5.10 Å². The van der Waals surface area contributed by atoms with Gasteiger partial charge in [-0.3, -0.25) is 0 Å². The number of ether oxygens (including phenoxy) is 1. The van der Waals surface area contributed by atoms with E-state index in [9.17, 15) is 0 Å². The van der Waals surface area contributed by atoms with Crippen LogP contribution in [0.3, 0.4) is 0 Å². The van der Waals surface area contributed by atoms with Crippen molar-refractivity contribution in [3.8, 4) is 0 Å². The molecule has 1 aliphatic heterocycles. The Bertz CT molecular complexity index is 565. The van der Waals surface area contributed by atoms with Gasteiger partial charge in [-0.25, -0.2) is 9.50 Å². The van der Waals surface area contributed by atoms with E-state index < -0.39 is 0 Å². The average molecular weight is 246 g/mol. The molecular weight excluding hydrogens is 228 g/mol.